The van der Waals surface area contributed by atoms with Gasteiger partial charge in [0.05, 0.1) is 24.7 Å². The molecule has 2 rings (SSSR count). The molecule has 1 fully saturated rings. The highest BCUT2D eigenvalue weighted by molar-refractivity contribution is 5.87. The maximum Gasteiger partial charge on any atom is 0.302 e. The molecule has 1 aliphatic rings. The Hall–Kier alpha value is -2.98. The zero-order valence-corrected chi connectivity index (χ0v) is 21.7. The lowest BCUT2D eigenvalue weighted by molar-refractivity contribution is -0.246. The highest BCUT2D eigenvalue weighted by Gasteiger charge is 2.43. The molecule has 0 spiro atoms. The lowest BCUT2D eigenvalue weighted by Gasteiger charge is -2.44. The third kappa shape index (κ3) is 8.60. The van der Waals surface area contributed by atoms with Gasteiger partial charge < -0.3 is 30.6 Å². The van der Waals surface area contributed by atoms with Crippen LogP contribution in [0.1, 0.15) is 46.6 Å². The number of amides is 3. The van der Waals surface area contributed by atoms with E-state index in [9.17, 15) is 19.2 Å². The maximum atomic E-state index is 12.8. The maximum absolute atomic E-state index is 12.8. The van der Waals surface area contributed by atoms with Crippen LogP contribution in [0.3, 0.4) is 0 Å². The third-order valence-corrected chi connectivity index (χ3v) is 6.58. The molecule has 0 radical (unpaired) electrons. The molecule has 3 amide bonds. The third-order valence-electron chi connectivity index (χ3n) is 6.58. The Morgan fingerprint density at radius 1 is 1.11 bits per heavy atom. The monoisotopic (exact) mass is 505 g/mol. The predicted molar refractivity (Wildman–Crippen MR) is 132 cm³/mol. The molecule has 7 atom stereocenters. The minimum atomic E-state index is -0.862. The first-order chi connectivity index (χ1) is 17.0. The second-order valence-corrected chi connectivity index (χ2v) is 9.40. The number of carbonyl (C=O) groups excluding carboxylic acids is 4. The molecule has 1 aromatic rings. The highest BCUT2D eigenvalue weighted by Crippen LogP contribution is 2.32. The topological polar surface area (TPSA) is 146 Å². The Balaban J connectivity index is 2.04. The summed E-state index contributed by atoms with van der Waals surface area (Å²) in [6, 6.07) is 7.96. The van der Waals surface area contributed by atoms with Crippen LogP contribution in [0.2, 0.25) is 0 Å². The van der Waals surface area contributed by atoms with Crippen molar-refractivity contribution in [3.63, 3.8) is 0 Å². The molecule has 1 saturated heterocycles. The summed E-state index contributed by atoms with van der Waals surface area (Å²) in [6.45, 7) is 8.73. The van der Waals surface area contributed by atoms with Gasteiger partial charge in [0.25, 0.3) is 0 Å². The quantitative estimate of drug-likeness (QED) is 0.363. The molecule has 0 saturated carbocycles. The van der Waals surface area contributed by atoms with Crippen molar-refractivity contribution in [3.8, 4) is 0 Å². The van der Waals surface area contributed by atoms with Crippen LogP contribution in [0.4, 0.5) is 0 Å². The normalized spacial score (nSPS) is 25.3. The van der Waals surface area contributed by atoms with Crippen LogP contribution in [0, 0.1) is 17.8 Å². The predicted octanol–water partition coefficient (Wildman–Crippen LogP) is 1.31. The molecule has 10 heteroatoms. The summed E-state index contributed by atoms with van der Waals surface area (Å²) < 4.78 is 17.2. The lowest BCUT2D eigenvalue weighted by Crippen LogP contribution is -2.59. The summed E-state index contributed by atoms with van der Waals surface area (Å²) in [7, 11) is 0. The van der Waals surface area contributed by atoms with Crippen LogP contribution in [-0.2, 0) is 39.8 Å². The molecule has 4 N–H and O–H groups in total. The number of nitrogens with two attached hydrogens (primary N) is 1. The number of hydrogen-bond acceptors (Lipinski definition) is 7. The summed E-state index contributed by atoms with van der Waals surface area (Å²) >= 11 is 0. The zero-order chi connectivity index (χ0) is 26.8. The first-order valence-electron chi connectivity index (χ1n) is 12.4. The van der Waals surface area contributed by atoms with Gasteiger partial charge in [0.2, 0.25) is 17.7 Å². The fourth-order valence-corrected chi connectivity index (χ4v) is 4.02. The number of esters is 1. The fourth-order valence-electron chi connectivity index (χ4n) is 4.02. The van der Waals surface area contributed by atoms with Crippen molar-refractivity contribution in [1.29, 1.82) is 0 Å². The van der Waals surface area contributed by atoms with Crippen molar-refractivity contribution in [2.45, 2.75) is 71.9 Å². The van der Waals surface area contributed by atoms with Gasteiger partial charge in [-0.2, -0.15) is 0 Å². The summed E-state index contributed by atoms with van der Waals surface area (Å²) in [5.41, 5.74) is 6.39. The number of benzene rings is 1. The first-order valence-corrected chi connectivity index (χ1v) is 12.4. The number of nitrogens with one attached hydrogen (secondary N) is 2. The number of hydrogen-bond donors (Lipinski definition) is 3. The summed E-state index contributed by atoms with van der Waals surface area (Å²) in [5.74, 6) is -2.29. The largest absolute Gasteiger partial charge is 0.463 e. The van der Waals surface area contributed by atoms with Crippen LogP contribution >= 0.6 is 0 Å². The average Bonchev–Trinajstić information content (AvgIpc) is 2.85. The number of carbonyl (C=O) groups is 4. The molecule has 0 bridgehead atoms. The van der Waals surface area contributed by atoms with Gasteiger partial charge in [0.1, 0.15) is 12.6 Å². The van der Waals surface area contributed by atoms with E-state index in [2.05, 4.69) is 10.6 Å². The Bertz CT molecular complexity index is 895. The van der Waals surface area contributed by atoms with E-state index in [4.69, 9.17) is 19.9 Å². The van der Waals surface area contributed by atoms with Gasteiger partial charge in [-0.05, 0) is 17.4 Å². The van der Waals surface area contributed by atoms with Crippen molar-refractivity contribution in [1.82, 2.24) is 10.6 Å². The van der Waals surface area contributed by atoms with E-state index in [-0.39, 0.29) is 37.4 Å². The number of ether oxygens (including phenoxy) is 3. The number of rotatable bonds is 12. The molecular formula is C26H39N3O7. The van der Waals surface area contributed by atoms with Gasteiger partial charge >= 0.3 is 5.97 Å². The van der Waals surface area contributed by atoms with Gasteiger partial charge in [-0.1, -0.05) is 58.0 Å². The zero-order valence-electron chi connectivity index (χ0n) is 21.7. The first kappa shape index (κ1) is 29.3. The molecule has 1 aromatic carbocycles. The van der Waals surface area contributed by atoms with Crippen molar-refractivity contribution in [3.05, 3.63) is 35.9 Å². The second kappa shape index (κ2) is 13.9. The summed E-state index contributed by atoms with van der Waals surface area (Å²) in [6.07, 6.45) is -0.702. The average molecular weight is 506 g/mol. The SMILES string of the molecule is CCC(=O)N[C@H]1C(OC[C@H](C)C(=O)N[C@@H](Cc2ccccc2)C(N)=O)OC(COC(C)=O)[C@H](C)[C@@H]1C. The molecule has 1 heterocycles. The van der Waals surface area contributed by atoms with Crippen LogP contribution in [0.15, 0.2) is 30.3 Å². The van der Waals surface area contributed by atoms with Crippen LogP contribution in [0.25, 0.3) is 0 Å². The van der Waals surface area contributed by atoms with E-state index in [0.717, 1.165) is 5.56 Å². The van der Waals surface area contributed by atoms with Gasteiger partial charge in [0, 0.05) is 19.8 Å². The van der Waals surface area contributed by atoms with Gasteiger partial charge in [0.15, 0.2) is 6.29 Å². The van der Waals surface area contributed by atoms with Gasteiger partial charge in [-0.3, -0.25) is 19.2 Å². The van der Waals surface area contributed by atoms with E-state index in [1.807, 2.05) is 44.2 Å². The van der Waals surface area contributed by atoms with E-state index in [1.165, 1.54) is 6.92 Å². The molecule has 36 heavy (non-hydrogen) atoms. The lowest BCUT2D eigenvalue weighted by atomic mass is 9.82. The second-order valence-electron chi connectivity index (χ2n) is 9.40. The molecular weight excluding hydrogens is 466 g/mol. The molecule has 1 aliphatic heterocycles. The Morgan fingerprint density at radius 3 is 2.36 bits per heavy atom. The van der Waals surface area contributed by atoms with Crippen molar-refractivity contribution in [2.24, 2.45) is 23.5 Å². The summed E-state index contributed by atoms with van der Waals surface area (Å²) in [4.78, 5) is 48.2. The molecule has 0 aliphatic carbocycles. The Morgan fingerprint density at radius 2 is 1.78 bits per heavy atom. The molecule has 0 aromatic heterocycles. The van der Waals surface area contributed by atoms with Gasteiger partial charge in [-0.25, -0.2) is 0 Å². The smallest absolute Gasteiger partial charge is 0.302 e. The van der Waals surface area contributed by atoms with Crippen LogP contribution < -0.4 is 16.4 Å². The van der Waals surface area contributed by atoms with Crippen molar-refractivity contribution >= 4 is 23.7 Å². The van der Waals surface area contributed by atoms with Crippen LogP contribution in [0.5, 0.6) is 0 Å². The standard InChI is InChI=1S/C26H39N3O7/c1-6-22(31)29-23-17(4)16(3)21(14-34-18(5)30)36-26(23)35-13-15(2)25(33)28-20(24(27)32)12-19-10-8-7-9-11-19/h7-11,15-17,20-21,23,26H,6,12-14H2,1-5H3,(H2,27,32)(H,28,33)(H,29,31)/t15-,16+,17-,20-,21?,23+,26?/m0/s1. The van der Waals surface area contributed by atoms with Crippen molar-refractivity contribution < 1.29 is 33.4 Å². The van der Waals surface area contributed by atoms with Crippen molar-refractivity contribution in [2.75, 3.05) is 13.2 Å². The van der Waals surface area contributed by atoms with Crippen LogP contribution in [-0.4, -0.2) is 61.4 Å². The highest BCUT2D eigenvalue weighted by atomic mass is 16.7. The minimum absolute atomic E-state index is 0.0206. The molecule has 10 nitrogen and oxygen atoms in total. The van der Waals surface area contributed by atoms with E-state index < -0.39 is 48.2 Å². The Labute approximate surface area is 212 Å². The fraction of sp³-hybridized carbons (Fsp3) is 0.615. The Kier molecular flexibility index (Phi) is 11.3. The molecule has 2 unspecified atom stereocenters. The molecule has 200 valence electrons. The van der Waals surface area contributed by atoms with E-state index in [1.54, 1.807) is 13.8 Å². The summed E-state index contributed by atoms with van der Waals surface area (Å²) in [5, 5.41) is 5.65. The van der Waals surface area contributed by atoms with E-state index >= 15 is 0 Å². The minimum Gasteiger partial charge on any atom is -0.463 e. The number of primary amides is 1. The van der Waals surface area contributed by atoms with E-state index in [0.29, 0.717) is 6.42 Å². The van der Waals surface area contributed by atoms with Gasteiger partial charge in [-0.15, -0.1) is 0 Å².